The summed E-state index contributed by atoms with van der Waals surface area (Å²) in [6.07, 6.45) is 0. The zero-order valence-electron chi connectivity index (χ0n) is 10.2. The number of carbonyl (C=O) groups excluding carboxylic acids is 1. The van der Waals surface area contributed by atoms with Gasteiger partial charge in [-0.2, -0.15) is 11.8 Å². The van der Waals surface area contributed by atoms with E-state index in [1.165, 1.54) is 11.3 Å². The number of rotatable bonds is 1. The molecule has 1 unspecified atom stereocenters. The highest BCUT2D eigenvalue weighted by Crippen LogP contribution is 2.22. The van der Waals surface area contributed by atoms with Gasteiger partial charge in [-0.25, -0.2) is 0 Å². The highest BCUT2D eigenvalue weighted by atomic mass is 32.2. The summed E-state index contributed by atoms with van der Waals surface area (Å²) in [5.74, 6) is 7.54. The third-order valence-electron chi connectivity index (χ3n) is 2.74. The first-order chi connectivity index (χ1) is 8.72. The minimum Gasteiger partial charge on any atom is -0.384 e. The summed E-state index contributed by atoms with van der Waals surface area (Å²) < 4.78 is 0. The Morgan fingerprint density at radius 1 is 1.61 bits per heavy atom. The van der Waals surface area contributed by atoms with Crippen LogP contribution in [0.1, 0.15) is 21.5 Å². The number of aliphatic hydroxyl groups excluding tert-OH is 1. The van der Waals surface area contributed by atoms with E-state index in [1.54, 1.807) is 0 Å². The van der Waals surface area contributed by atoms with E-state index in [1.807, 2.05) is 28.8 Å². The molecule has 0 radical (unpaired) electrons. The molecule has 1 amide bonds. The van der Waals surface area contributed by atoms with Gasteiger partial charge >= 0.3 is 0 Å². The number of amides is 1. The van der Waals surface area contributed by atoms with Crippen LogP contribution in [-0.4, -0.2) is 46.6 Å². The fourth-order valence-corrected chi connectivity index (χ4v) is 3.67. The number of thiophene rings is 1. The Kier molecular flexibility index (Phi) is 4.70. The van der Waals surface area contributed by atoms with E-state index in [0.29, 0.717) is 6.04 Å². The normalized spacial score (nSPS) is 19.2. The summed E-state index contributed by atoms with van der Waals surface area (Å²) in [7, 11) is 0. The van der Waals surface area contributed by atoms with Gasteiger partial charge in [0.15, 0.2) is 0 Å². The quantitative estimate of drug-likeness (QED) is 0.796. The largest absolute Gasteiger partial charge is 0.384 e. The number of hydrogen-bond donors (Lipinski definition) is 1. The molecule has 0 aliphatic carbocycles. The second kappa shape index (κ2) is 6.28. The van der Waals surface area contributed by atoms with Crippen LogP contribution in [0, 0.1) is 11.8 Å². The van der Waals surface area contributed by atoms with Crippen LogP contribution in [0.4, 0.5) is 0 Å². The van der Waals surface area contributed by atoms with Crippen molar-refractivity contribution >= 4 is 29.0 Å². The summed E-state index contributed by atoms with van der Waals surface area (Å²) in [6, 6.07) is 3.96. The molecule has 96 valence electrons. The minimum atomic E-state index is -0.151. The van der Waals surface area contributed by atoms with Crippen LogP contribution in [-0.2, 0) is 0 Å². The van der Waals surface area contributed by atoms with Gasteiger partial charge in [0.25, 0.3) is 5.91 Å². The predicted molar refractivity (Wildman–Crippen MR) is 76.1 cm³/mol. The molecule has 1 saturated heterocycles. The van der Waals surface area contributed by atoms with Crippen LogP contribution in [0.5, 0.6) is 0 Å². The van der Waals surface area contributed by atoms with Crippen molar-refractivity contribution < 1.29 is 9.90 Å². The molecule has 0 aromatic carbocycles. The SMILES string of the molecule is CC1CSCCN1C(=O)c1ccc(C#CCO)s1. The van der Waals surface area contributed by atoms with Gasteiger partial charge in [-0.15, -0.1) is 11.3 Å². The van der Waals surface area contributed by atoms with Gasteiger partial charge in [0, 0.05) is 24.1 Å². The molecule has 0 bridgehead atoms. The van der Waals surface area contributed by atoms with Crippen molar-refractivity contribution in [3.05, 3.63) is 21.9 Å². The summed E-state index contributed by atoms with van der Waals surface area (Å²) in [5.41, 5.74) is 0. The Labute approximate surface area is 115 Å². The third-order valence-corrected chi connectivity index (χ3v) is 4.91. The summed E-state index contributed by atoms with van der Waals surface area (Å²) in [6.45, 7) is 2.76. The number of carbonyl (C=O) groups is 1. The van der Waals surface area contributed by atoms with E-state index in [9.17, 15) is 4.79 Å². The Bertz CT molecular complexity index is 487. The molecule has 1 aliphatic heterocycles. The lowest BCUT2D eigenvalue weighted by Crippen LogP contribution is -2.44. The standard InChI is InChI=1S/C13H15NO2S2/c1-10-9-17-8-6-14(10)13(16)12-5-4-11(18-12)3-2-7-15/h4-5,10,15H,6-9H2,1H3. The topological polar surface area (TPSA) is 40.5 Å². The first kappa shape index (κ1) is 13.5. The average Bonchev–Trinajstić information content (AvgIpc) is 2.85. The lowest BCUT2D eigenvalue weighted by atomic mass is 10.3. The molecule has 1 fully saturated rings. The molecule has 2 heterocycles. The van der Waals surface area contributed by atoms with Crippen LogP contribution in [0.3, 0.4) is 0 Å². The Hall–Kier alpha value is -0.960. The molecule has 0 spiro atoms. The van der Waals surface area contributed by atoms with Crippen LogP contribution in [0.25, 0.3) is 0 Å². The molecular formula is C13H15NO2S2. The summed E-state index contributed by atoms with van der Waals surface area (Å²) >= 11 is 3.29. The monoisotopic (exact) mass is 281 g/mol. The van der Waals surface area contributed by atoms with E-state index in [-0.39, 0.29) is 12.5 Å². The van der Waals surface area contributed by atoms with Gasteiger partial charge in [0.1, 0.15) is 6.61 Å². The van der Waals surface area contributed by atoms with Crippen molar-refractivity contribution in [2.45, 2.75) is 13.0 Å². The van der Waals surface area contributed by atoms with Crippen molar-refractivity contribution in [2.75, 3.05) is 24.7 Å². The molecule has 1 atom stereocenters. The predicted octanol–water partition coefficient (Wildman–Crippen LogP) is 1.67. The maximum absolute atomic E-state index is 12.3. The molecule has 0 saturated carbocycles. The molecule has 3 nitrogen and oxygen atoms in total. The Morgan fingerprint density at radius 2 is 2.44 bits per heavy atom. The lowest BCUT2D eigenvalue weighted by Gasteiger charge is -2.32. The molecule has 5 heteroatoms. The molecule has 18 heavy (non-hydrogen) atoms. The molecule has 1 aliphatic rings. The van der Waals surface area contributed by atoms with Crippen LogP contribution >= 0.6 is 23.1 Å². The second-order valence-corrected chi connectivity index (χ2v) is 6.28. The number of hydrogen-bond acceptors (Lipinski definition) is 4. The second-order valence-electron chi connectivity index (χ2n) is 4.05. The fourth-order valence-electron chi connectivity index (χ4n) is 1.82. The van der Waals surface area contributed by atoms with Crippen LogP contribution in [0.2, 0.25) is 0 Å². The number of thioether (sulfide) groups is 1. The van der Waals surface area contributed by atoms with Gasteiger partial charge in [0.05, 0.1) is 9.75 Å². The van der Waals surface area contributed by atoms with Crippen molar-refractivity contribution in [3.63, 3.8) is 0 Å². The van der Waals surface area contributed by atoms with Gasteiger partial charge in [-0.1, -0.05) is 11.8 Å². The van der Waals surface area contributed by atoms with E-state index in [0.717, 1.165) is 27.8 Å². The van der Waals surface area contributed by atoms with E-state index in [2.05, 4.69) is 18.8 Å². The molecular weight excluding hydrogens is 266 g/mol. The number of aliphatic hydroxyl groups is 1. The van der Waals surface area contributed by atoms with Crippen LogP contribution < -0.4 is 0 Å². The van der Waals surface area contributed by atoms with Gasteiger partial charge < -0.3 is 10.0 Å². The Balaban J connectivity index is 2.10. The van der Waals surface area contributed by atoms with Gasteiger partial charge in [0.2, 0.25) is 0 Å². The van der Waals surface area contributed by atoms with Crippen molar-refractivity contribution in [1.82, 2.24) is 4.90 Å². The van der Waals surface area contributed by atoms with Crippen LogP contribution in [0.15, 0.2) is 12.1 Å². The van der Waals surface area contributed by atoms with Gasteiger partial charge in [-0.05, 0) is 19.1 Å². The van der Waals surface area contributed by atoms with Crippen molar-refractivity contribution in [2.24, 2.45) is 0 Å². The molecule has 1 aromatic rings. The maximum atomic E-state index is 12.3. The van der Waals surface area contributed by atoms with Crippen molar-refractivity contribution in [1.29, 1.82) is 0 Å². The first-order valence-electron chi connectivity index (χ1n) is 5.80. The summed E-state index contributed by atoms with van der Waals surface area (Å²) in [5, 5.41) is 8.64. The molecule has 1 N–H and O–H groups in total. The zero-order valence-corrected chi connectivity index (χ0v) is 11.8. The molecule has 1 aromatic heterocycles. The average molecular weight is 281 g/mol. The van der Waals surface area contributed by atoms with E-state index in [4.69, 9.17) is 5.11 Å². The third kappa shape index (κ3) is 3.08. The smallest absolute Gasteiger partial charge is 0.264 e. The highest BCUT2D eigenvalue weighted by molar-refractivity contribution is 7.99. The van der Waals surface area contributed by atoms with Gasteiger partial charge in [-0.3, -0.25) is 4.79 Å². The highest BCUT2D eigenvalue weighted by Gasteiger charge is 2.25. The lowest BCUT2D eigenvalue weighted by molar-refractivity contribution is 0.0721. The number of nitrogens with zero attached hydrogens (tertiary/aromatic N) is 1. The van der Waals surface area contributed by atoms with E-state index < -0.39 is 0 Å². The first-order valence-corrected chi connectivity index (χ1v) is 7.78. The summed E-state index contributed by atoms with van der Waals surface area (Å²) in [4.78, 5) is 15.8. The maximum Gasteiger partial charge on any atom is 0.264 e. The van der Waals surface area contributed by atoms with Crippen molar-refractivity contribution in [3.8, 4) is 11.8 Å². The fraction of sp³-hybridized carbons (Fsp3) is 0.462. The molecule has 2 rings (SSSR count). The Morgan fingerprint density at radius 3 is 3.17 bits per heavy atom. The zero-order chi connectivity index (χ0) is 13.0. The minimum absolute atomic E-state index is 0.102. The van der Waals surface area contributed by atoms with E-state index >= 15 is 0 Å².